The topological polar surface area (TPSA) is 47.9 Å². The molecular formula is C10H19N3. The number of nitrogens with one attached hydrogen (secondary N) is 2. The van der Waals surface area contributed by atoms with Gasteiger partial charge in [0.15, 0.2) is 0 Å². The van der Waals surface area contributed by atoms with Crippen LogP contribution in [0.25, 0.3) is 0 Å². The van der Waals surface area contributed by atoms with Gasteiger partial charge in [0.1, 0.15) is 0 Å². The summed E-state index contributed by atoms with van der Waals surface area (Å²) in [6.45, 7) is 4.92. The molecule has 0 radical (unpaired) electrons. The Bertz CT molecular complexity index is 167. The smallest absolute Gasteiger partial charge is 0.0666 e. The highest BCUT2D eigenvalue weighted by molar-refractivity contribution is 4.81. The van der Waals surface area contributed by atoms with E-state index in [0.717, 1.165) is 19.6 Å². The Hall–Kier alpha value is -0.590. The first-order chi connectivity index (χ1) is 6.33. The number of nitriles is 1. The Morgan fingerprint density at radius 3 is 3.08 bits per heavy atom. The molecule has 2 atom stereocenters. The molecule has 0 bridgehead atoms. The van der Waals surface area contributed by atoms with Crippen molar-refractivity contribution in [3.63, 3.8) is 0 Å². The predicted molar refractivity (Wildman–Crippen MR) is 53.3 cm³/mol. The maximum Gasteiger partial charge on any atom is 0.0666 e. The fourth-order valence-corrected chi connectivity index (χ4v) is 1.62. The molecule has 2 N–H and O–H groups in total. The molecule has 0 spiro atoms. The SMILES string of the molecule is CC(C#N)CNCC1CCCCN1. The van der Waals surface area contributed by atoms with Gasteiger partial charge in [-0.3, -0.25) is 0 Å². The third kappa shape index (κ3) is 4.25. The summed E-state index contributed by atoms with van der Waals surface area (Å²) < 4.78 is 0. The van der Waals surface area contributed by atoms with Crippen molar-refractivity contribution >= 4 is 0 Å². The van der Waals surface area contributed by atoms with Crippen LogP contribution in [0.2, 0.25) is 0 Å². The third-order valence-corrected chi connectivity index (χ3v) is 2.47. The van der Waals surface area contributed by atoms with E-state index in [1.165, 1.54) is 19.3 Å². The van der Waals surface area contributed by atoms with Crippen molar-refractivity contribution in [2.24, 2.45) is 5.92 Å². The molecule has 1 saturated heterocycles. The minimum atomic E-state index is 0.128. The molecule has 3 nitrogen and oxygen atoms in total. The van der Waals surface area contributed by atoms with Gasteiger partial charge in [0.25, 0.3) is 0 Å². The monoisotopic (exact) mass is 181 g/mol. The fourth-order valence-electron chi connectivity index (χ4n) is 1.62. The van der Waals surface area contributed by atoms with Crippen LogP contribution in [0, 0.1) is 17.2 Å². The second-order valence-corrected chi connectivity index (χ2v) is 3.84. The lowest BCUT2D eigenvalue weighted by molar-refractivity contribution is 0.380. The Labute approximate surface area is 80.5 Å². The molecule has 0 aromatic heterocycles. The molecule has 1 aliphatic heterocycles. The van der Waals surface area contributed by atoms with Crippen molar-refractivity contribution in [1.29, 1.82) is 5.26 Å². The van der Waals surface area contributed by atoms with E-state index in [9.17, 15) is 0 Å². The first-order valence-electron chi connectivity index (χ1n) is 5.16. The molecule has 2 unspecified atom stereocenters. The van der Waals surface area contributed by atoms with Crippen LogP contribution in [-0.2, 0) is 0 Å². The van der Waals surface area contributed by atoms with E-state index < -0.39 is 0 Å². The summed E-state index contributed by atoms with van der Waals surface area (Å²) in [4.78, 5) is 0. The maximum absolute atomic E-state index is 8.57. The molecule has 13 heavy (non-hydrogen) atoms. The molecule has 1 heterocycles. The molecule has 0 aromatic carbocycles. The van der Waals surface area contributed by atoms with Crippen molar-refractivity contribution in [2.45, 2.75) is 32.2 Å². The standard InChI is InChI=1S/C10H19N3/c1-9(6-11)7-12-8-10-4-2-3-5-13-10/h9-10,12-13H,2-5,7-8H2,1H3. The summed E-state index contributed by atoms with van der Waals surface area (Å²) in [6.07, 6.45) is 3.92. The molecule has 1 aliphatic rings. The largest absolute Gasteiger partial charge is 0.314 e. The number of piperidine rings is 1. The molecule has 0 saturated carbocycles. The van der Waals surface area contributed by atoms with Gasteiger partial charge in [-0.2, -0.15) is 5.26 Å². The zero-order valence-electron chi connectivity index (χ0n) is 8.34. The van der Waals surface area contributed by atoms with Gasteiger partial charge >= 0.3 is 0 Å². The average molecular weight is 181 g/mol. The minimum absolute atomic E-state index is 0.128. The number of nitrogens with zero attached hydrogens (tertiary/aromatic N) is 1. The van der Waals surface area contributed by atoms with Crippen molar-refractivity contribution in [3.8, 4) is 6.07 Å². The predicted octanol–water partition coefficient (Wildman–Crippen LogP) is 0.878. The van der Waals surface area contributed by atoms with Crippen LogP contribution < -0.4 is 10.6 Å². The molecule has 3 heteroatoms. The lowest BCUT2D eigenvalue weighted by atomic mass is 10.1. The Balaban J connectivity index is 2.02. The van der Waals surface area contributed by atoms with Gasteiger partial charge in [0.05, 0.1) is 12.0 Å². The zero-order valence-corrected chi connectivity index (χ0v) is 8.34. The van der Waals surface area contributed by atoms with Crippen LogP contribution in [0.3, 0.4) is 0 Å². The molecule has 0 aliphatic carbocycles. The molecule has 1 fully saturated rings. The number of hydrogen-bond donors (Lipinski definition) is 2. The zero-order chi connectivity index (χ0) is 9.52. The van der Waals surface area contributed by atoms with Crippen molar-refractivity contribution in [3.05, 3.63) is 0 Å². The van der Waals surface area contributed by atoms with E-state index in [1.54, 1.807) is 0 Å². The van der Waals surface area contributed by atoms with Gasteiger partial charge in [-0.05, 0) is 26.3 Å². The highest BCUT2D eigenvalue weighted by Gasteiger charge is 2.11. The highest BCUT2D eigenvalue weighted by atomic mass is 15.0. The summed E-state index contributed by atoms with van der Waals surface area (Å²) in [5.74, 6) is 0.128. The number of hydrogen-bond acceptors (Lipinski definition) is 3. The summed E-state index contributed by atoms with van der Waals surface area (Å²) >= 11 is 0. The molecule has 0 aromatic rings. The quantitative estimate of drug-likeness (QED) is 0.677. The summed E-state index contributed by atoms with van der Waals surface area (Å²) in [5, 5.41) is 15.4. The Morgan fingerprint density at radius 2 is 2.46 bits per heavy atom. The minimum Gasteiger partial charge on any atom is -0.314 e. The second kappa shape index (κ2) is 5.95. The van der Waals surface area contributed by atoms with Gasteiger partial charge in [-0.25, -0.2) is 0 Å². The second-order valence-electron chi connectivity index (χ2n) is 3.84. The van der Waals surface area contributed by atoms with Crippen LogP contribution in [0.1, 0.15) is 26.2 Å². The van der Waals surface area contributed by atoms with Crippen LogP contribution in [-0.4, -0.2) is 25.7 Å². The molecule has 1 rings (SSSR count). The van der Waals surface area contributed by atoms with Gasteiger partial charge in [0, 0.05) is 19.1 Å². The summed E-state index contributed by atoms with van der Waals surface area (Å²) in [6, 6.07) is 2.84. The lowest BCUT2D eigenvalue weighted by Gasteiger charge is -2.23. The fraction of sp³-hybridized carbons (Fsp3) is 0.900. The first kappa shape index (κ1) is 10.5. The Morgan fingerprint density at radius 1 is 1.62 bits per heavy atom. The van der Waals surface area contributed by atoms with Gasteiger partial charge in [-0.1, -0.05) is 6.42 Å². The van der Waals surface area contributed by atoms with E-state index in [-0.39, 0.29) is 5.92 Å². The van der Waals surface area contributed by atoms with Crippen LogP contribution in [0.5, 0.6) is 0 Å². The maximum atomic E-state index is 8.57. The Kier molecular flexibility index (Phi) is 4.81. The van der Waals surface area contributed by atoms with Gasteiger partial charge in [0.2, 0.25) is 0 Å². The van der Waals surface area contributed by atoms with Crippen LogP contribution >= 0.6 is 0 Å². The first-order valence-corrected chi connectivity index (χ1v) is 5.16. The molecule has 74 valence electrons. The van der Waals surface area contributed by atoms with E-state index in [1.807, 2.05) is 6.92 Å². The highest BCUT2D eigenvalue weighted by Crippen LogP contribution is 2.05. The van der Waals surface area contributed by atoms with E-state index in [0.29, 0.717) is 6.04 Å². The third-order valence-electron chi connectivity index (χ3n) is 2.47. The van der Waals surface area contributed by atoms with Crippen LogP contribution in [0.15, 0.2) is 0 Å². The van der Waals surface area contributed by atoms with Crippen molar-refractivity contribution in [1.82, 2.24) is 10.6 Å². The van der Waals surface area contributed by atoms with E-state index in [4.69, 9.17) is 5.26 Å². The van der Waals surface area contributed by atoms with Gasteiger partial charge in [-0.15, -0.1) is 0 Å². The van der Waals surface area contributed by atoms with Crippen molar-refractivity contribution in [2.75, 3.05) is 19.6 Å². The van der Waals surface area contributed by atoms with E-state index >= 15 is 0 Å². The van der Waals surface area contributed by atoms with E-state index in [2.05, 4.69) is 16.7 Å². The normalized spacial score (nSPS) is 25.1. The lowest BCUT2D eigenvalue weighted by Crippen LogP contribution is -2.42. The number of rotatable bonds is 4. The van der Waals surface area contributed by atoms with Crippen LogP contribution in [0.4, 0.5) is 0 Å². The van der Waals surface area contributed by atoms with Crippen molar-refractivity contribution < 1.29 is 0 Å². The molecule has 0 amide bonds. The summed E-state index contributed by atoms with van der Waals surface area (Å²) in [7, 11) is 0. The summed E-state index contributed by atoms with van der Waals surface area (Å²) in [5.41, 5.74) is 0. The average Bonchev–Trinajstić information content (AvgIpc) is 2.19. The molecular weight excluding hydrogens is 162 g/mol. The van der Waals surface area contributed by atoms with Gasteiger partial charge < -0.3 is 10.6 Å².